The van der Waals surface area contributed by atoms with Crippen LogP contribution in [0.2, 0.25) is 0 Å². The molecule has 0 atom stereocenters. The van der Waals surface area contributed by atoms with Crippen molar-refractivity contribution in [3.05, 3.63) is 12.2 Å². The Labute approximate surface area is 74.0 Å². The summed E-state index contributed by atoms with van der Waals surface area (Å²) in [4.78, 5) is 0. The summed E-state index contributed by atoms with van der Waals surface area (Å²) < 4.78 is 21.6. The summed E-state index contributed by atoms with van der Waals surface area (Å²) >= 11 is 0. The van der Waals surface area contributed by atoms with Gasteiger partial charge in [-0.1, -0.05) is 19.1 Å². The molecule has 0 saturated heterocycles. The van der Waals surface area contributed by atoms with Crippen LogP contribution in [0.1, 0.15) is 6.92 Å². The van der Waals surface area contributed by atoms with Gasteiger partial charge < -0.3 is 5.73 Å². The molecule has 0 unspecified atom stereocenters. The SMILES string of the molecule is CCS(=O)(=O)C/C=C/CN.Cl. The molecular formula is C6H14ClNO2S. The molecule has 3 nitrogen and oxygen atoms in total. The van der Waals surface area contributed by atoms with Crippen LogP contribution in [-0.2, 0) is 9.84 Å². The summed E-state index contributed by atoms with van der Waals surface area (Å²) in [6, 6.07) is 0. The predicted molar refractivity (Wildman–Crippen MR) is 49.8 cm³/mol. The molecule has 0 aromatic rings. The topological polar surface area (TPSA) is 60.2 Å². The zero-order valence-electron chi connectivity index (χ0n) is 6.49. The third kappa shape index (κ3) is 7.84. The Bertz CT molecular complexity index is 199. The molecule has 0 amide bonds. The van der Waals surface area contributed by atoms with Gasteiger partial charge in [0.1, 0.15) is 0 Å². The van der Waals surface area contributed by atoms with Crippen molar-refractivity contribution in [2.24, 2.45) is 5.73 Å². The number of hydrogen-bond donors (Lipinski definition) is 1. The normalized spacial score (nSPS) is 11.5. The average Bonchev–Trinajstić information content (AvgIpc) is 1.89. The number of rotatable bonds is 4. The first-order chi connectivity index (χ1) is 4.62. The van der Waals surface area contributed by atoms with Gasteiger partial charge in [-0.3, -0.25) is 0 Å². The summed E-state index contributed by atoms with van der Waals surface area (Å²) in [5.41, 5.74) is 5.12. The van der Waals surface area contributed by atoms with Gasteiger partial charge in [0, 0.05) is 12.3 Å². The molecule has 68 valence electrons. The molecule has 0 radical (unpaired) electrons. The zero-order valence-corrected chi connectivity index (χ0v) is 8.12. The van der Waals surface area contributed by atoms with Crippen LogP contribution in [0.15, 0.2) is 12.2 Å². The second-order valence-electron chi connectivity index (χ2n) is 1.91. The van der Waals surface area contributed by atoms with Crippen LogP contribution in [0.3, 0.4) is 0 Å². The monoisotopic (exact) mass is 199 g/mol. The van der Waals surface area contributed by atoms with E-state index in [9.17, 15) is 8.42 Å². The Morgan fingerprint density at radius 1 is 1.36 bits per heavy atom. The largest absolute Gasteiger partial charge is 0.327 e. The number of sulfone groups is 1. The average molecular weight is 200 g/mol. The standard InChI is InChI=1S/C6H13NO2S.ClH/c1-2-10(8,9)6-4-3-5-7;/h3-4H,2,5-7H2,1H3;1H/b4-3+;. The molecule has 0 aliphatic carbocycles. The fourth-order valence-electron chi connectivity index (χ4n) is 0.429. The van der Waals surface area contributed by atoms with Crippen molar-refractivity contribution in [2.45, 2.75) is 6.92 Å². The van der Waals surface area contributed by atoms with Crippen LogP contribution in [0.5, 0.6) is 0 Å². The first kappa shape index (κ1) is 13.5. The molecule has 0 heterocycles. The first-order valence-corrected chi connectivity index (χ1v) is 5.00. The molecule has 0 saturated carbocycles. The maximum Gasteiger partial charge on any atom is 0.153 e. The van der Waals surface area contributed by atoms with E-state index >= 15 is 0 Å². The molecule has 0 bridgehead atoms. The van der Waals surface area contributed by atoms with Crippen LogP contribution < -0.4 is 5.73 Å². The second-order valence-corrected chi connectivity index (χ2v) is 4.30. The van der Waals surface area contributed by atoms with Gasteiger partial charge >= 0.3 is 0 Å². The van der Waals surface area contributed by atoms with Crippen LogP contribution in [0.25, 0.3) is 0 Å². The van der Waals surface area contributed by atoms with Crippen molar-refractivity contribution < 1.29 is 8.42 Å². The van der Waals surface area contributed by atoms with Crippen LogP contribution in [0.4, 0.5) is 0 Å². The summed E-state index contributed by atoms with van der Waals surface area (Å²) in [7, 11) is -2.83. The van der Waals surface area contributed by atoms with Gasteiger partial charge in [-0.2, -0.15) is 0 Å². The van der Waals surface area contributed by atoms with Gasteiger partial charge in [-0.15, -0.1) is 12.4 Å². The second kappa shape index (κ2) is 6.64. The van der Waals surface area contributed by atoms with Crippen LogP contribution in [-0.4, -0.2) is 26.5 Å². The first-order valence-electron chi connectivity index (χ1n) is 3.18. The minimum atomic E-state index is -2.83. The molecule has 0 aromatic heterocycles. The Morgan fingerprint density at radius 3 is 2.27 bits per heavy atom. The van der Waals surface area contributed by atoms with E-state index in [0.717, 1.165) is 0 Å². The van der Waals surface area contributed by atoms with E-state index in [1.807, 2.05) is 0 Å². The maximum atomic E-state index is 10.8. The fraction of sp³-hybridized carbons (Fsp3) is 0.667. The quantitative estimate of drug-likeness (QED) is 0.666. The summed E-state index contributed by atoms with van der Waals surface area (Å²) in [6.07, 6.45) is 3.23. The van der Waals surface area contributed by atoms with Crippen molar-refractivity contribution in [2.75, 3.05) is 18.1 Å². The van der Waals surface area contributed by atoms with Gasteiger partial charge in [0.25, 0.3) is 0 Å². The van der Waals surface area contributed by atoms with Crippen molar-refractivity contribution >= 4 is 22.2 Å². The van der Waals surface area contributed by atoms with E-state index in [1.165, 1.54) is 0 Å². The van der Waals surface area contributed by atoms with E-state index in [0.29, 0.717) is 6.54 Å². The van der Waals surface area contributed by atoms with Crippen LogP contribution in [0, 0.1) is 0 Å². The highest BCUT2D eigenvalue weighted by Crippen LogP contribution is 1.88. The van der Waals surface area contributed by atoms with Crippen molar-refractivity contribution in [3.8, 4) is 0 Å². The maximum absolute atomic E-state index is 10.8. The van der Waals surface area contributed by atoms with Crippen LogP contribution >= 0.6 is 12.4 Å². The molecule has 11 heavy (non-hydrogen) atoms. The fourth-order valence-corrected chi connectivity index (χ4v) is 1.09. The highest BCUT2D eigenvalue weighted by molar-refractivity contribution is 7.91. The summed E-state index contributed by atoms with van der Waals surface area (Å²) in [5, 5.41) is 0. The smallest absolute Gasteiger partial charge is 0.153 e. The van der Waals surface area contributed by atoms with E-state index < -0.39 is 9.84 Å². The molecule has 0 spiro atoms. The molecular weight excluding hydrogens is 186 g/mol. The van der Waals surface area contributed by atoms with Gasteiger partial charge in [-0.25, -0.2) is 8.42 Å². The number of nitrogens with two attached hydrogens (primary N) is 1. The van der Waals surface area contributed by atoms with Gasteiger partial charge in [0.2, 0.25) is 0 Å². The van der Waals surface area contributed by atoms with Crippen molar-refractivity contribution in [1.29, 1.82) is 0 Å². The Hall–Kier alpha value is -0.0600. The molecule has 0 aliphatic heterocycles. The van der Waals surface area contributed by atoms with Gasteiger partial charge in [0.15, 0.2) is 9.84 Å². The summed E-state index contributed by atoms with van der Waals surface area (Å²) in [5.74, 6) is 0.308. The number of hydrogen-bond acceptors (Lipinski definition) is 3. The molecule has 2 N–H and O–H groups in total. The lowest BCUT2D eigenvalue weighted by Crippen LogP contribution is -2.06. The Balaban J connectivity index is 0. The van der Waals surface area contributed by atoms with Crippen molar-refractivity contribution in [3.63, 3.8) is 0 Å². The van der Waals surface area contributed by atoms with Gasteiger partial charge in [0.05, 0.1) is 5.75 Å². The molecule has 0 rings (SSSR count). The minimum absolute atomic E-state index is 0. The molecule has 0 fully saturated rings. The van der Waals surface area contributed by atoms with E-state index in [1.54, 1.807) is 19.1 Å². The zero-order chi connectivity index (χ0) is 8.04. The third-order valence-electron chi connectivity index (χ3n) is 1.09. The van der Waals surface area contributed by atoms with Crippen molar-refractivity contribution in [1.82, 2.24) is 0 Å². The molecule has 5 heteroatoms. The van der Waals surface area contributed by atoms with Gasteiger partial charge in [-0.05, 0) is 0 Å². The van der Waals surface area contributed by atoms with E-state index in [-0.39, 0.29) is 23.9 Å². The Kier molecular flexibility index (Phi) is 8.16. The lowest BCUT2D eigenvalue weighted by Gasteiger charge is -1.92. The Morgan fingerprint density at radius 2 is 1.91 bits per heavy atom. The lowest BCUT2D eigenvalue weighted by atomic mass is 10.5. The lowest BCUT2D eigenvalue weighted by molar-refractivity contribution is 0.600. The molecule has 0 aliphatic rings. The van der Waals surface area contributed by atoms with E-state index in [4.69, 9.17) is 5.73 Å². The summed E-state index contributed by atoms with van der Waals surface area (Å²) in [6.45, 7) is 2.03. The highest BCUT2D eigenvalue weighted by atomic mass is 35.5. The van der Waals surface area contributed by atoms with E-state index in [2.05, 4.69) is 0 Å². The molecule has 0 aromatic carbocycles. The predicted octanol–water partition coefficient (Wildman–Crippen LogP) is 0.358. The minimum Gasteiger partial charge on any atom is -0.327 e. The number of halogens is 1. The highest BCUT2D eigenvalue weighted by Gasteiger charge is 2.01. The third-order valence-corrected chi connectivity index (χ3v) is 2.67.